The van der Waals surface area contributed by atoms with Crippen LogP contribution < -0.4 is 4.90 Å². The Morgan fingerprint density at radius 2 is 0.841 bits per heavy atom. The van der Waals surface area contributed by atoms with Gasteiger partial charge in [0.2, 0.25) is 0 Å². The smallest absolute Gasteiger partial charge is 0.0714 e. The van der Waals surface area contributed by atoms with E-state index in [0.29, 0.717) is 0 Å². The van der Waals surface area contributed by atoms with Gasteiger partial charge in [-0.3, -0.25) is 0 Å². The van der Waals surface area contributed by atoms with Crippen LogP contribution in [0.3, 0.4) is 0 Å². The largest absolute Gasteiger partial charge is 0.310 e. The van der Waals surface area contributed by atoms with Crippen molar-refractivity contribution in [2.24, 2.45) is 0 Å². The van der Waals surface area contributed by atoms with Gasteiger partial charge in [0.25, 0.3) is 0 Å². The van der Waals surface area contributed by atoms with E-state index in [1.165, 1.54) is 93.5 Å². The van der Waals surface area contributed by atoms with E-state index in [4.69, 9.17) is 0 Å². The van der Waals surface area contributed by atoms with E-state index in [1.807, 2.05) is 0 Å². The fourth-order valence-corrected chi connectivity index (χ4v) is 12.9. The number of thiophene rings is 1. The highest BCUT2D eigenvalue weighted by atomic mass is 32.1. The van der Waals surface area contributed by atoms with Gasteiger partial charge >= 0.3 is 0 Å². The Bertz CT molecular complexity index is 3640. The lowest BCUT2D eigenvalue weighted by Crippen LogP contribution is -2.29. The number of benzene rings is 10. The number of hydrogen-bond acceptors (Lipinski definition) is 2. The Hall–Kier alpha value is -8.04. The van der Waals surface area contributed by atoms with Crippen LogP contribution >= 0.6 is 11.3 Å². The molecule has 0 saturated heterocycles. The van der Waals surface area contributed by atoms with Crippen molar-refractivity contribution in [2.75, 3.05) is 4.90 Å². The summed E-state index contributed by atoms with van der Waals surface area (Å²) in [6.45, 7) is 2.26. The third-order valence-corrected chi connectivity index (χ3v) is 15.9. The van der Waals surface area contributed by atoms with Gasteiger partial charge in [0.1, 0.15) is 0 Å². The predicted molar refractivity (Wildman–Crippen MR) is 291 cm³/mol. The van der Waals surface area contributed by atoms with Crippen LogP contribution in [0, 0.1) is 0 Å². The van der Waals surface area contributed by atoms with E-state index in [-0.39, 0.29) is 0 Å². The van der Waals surface area contributed by atoms with Crippen LogP contribution in [0.4, 0.5) is 17.1 Å². The normalized spacial score (nSPS) is 15.0. The van der Waals surface area contributed by atoms with E-state index >= 15 is 0 Å². The Morgan fingerprint density at radius 3 is 1.39 bits per heavy atom. The predicted octanol–water partition coefficient (Wildman–Crippen LogP) is 17.7. The van der Waals surface area contributed by atoms with E-state index in [0.717, 1.165) is 29.9 Å². The minimum absolute atomic E-state index is 0.542. The lowest BCUT2D eigenvalue weighted by molar-refractivity contribution is 0.766. The lowest BCUT2D eigenvalue weighted by atomic mass is 9.67. The Balaban J connectivity index is 1.08. The van der Waals surface area contributed by atoms with Gasteiger partial charge in [-0.15, -0.1) is 11.3 Å². The van der Waals surface area contributed by atoms with Gasteiger partial charge in [0.05, 0.1) is 10.8 Å². The molecule has 328 valence electrons. The fraction of sp³-hybridized carbons (Fsp3) is 0.0746. The highest BCUT2D eigenvalue weighted by Crippen LogP contribution is 2.59. The van der Waals surface area contributed by atoms with Crippen LogP contribution in [-0.4, -0.2) is 0 Å². The van der Waals surface area contributed by atoms with Gasteiger partial charge in [-0.1, -0.05) is 214 Å². The van der Waals surface area contributed by atoms with Crippen molar-refractivity contribution in [3.05, 3.63) is 304 Å². The second-order valence-electron chi connectivity index (χ2n) is 18.7. The molecule has 1 aromatic heterocycles. The van der Waals surface area contributed by atoms with Crippen molar-refractivity contribution in [1.82, 2.24) is 0 Å². The summed E-state index contributed by atoms with van der Waals surface area (Å²) >= 11 is 1.80. The fourth-order valence-electron chi connectivity index (χ4n) is 12.1. The number of fused-ring (bicyclic) bond motifs is 7. The molecule has 69 heavy (non-hydrogen) atoms. The highest BCUT2D eigenvalue weighted by Gasteiger charge is 2.48. The third-order valence-electron chi connectivity index (χ3n) is 15.0. The molecule has 0 fully saturated rings. The van der Waals surface area contributed by atoms with Gasteiger partial charge < -0.3 is 4.90 Å². The minimum atomic E-state index is -0.549. The Kier molecular flexibility index (Phi) is 9.92. The number of anilines is 3. The summed E-state index contributed by atoms with van der Waals surface area (Å²) in [7, 11) is 0. The monoisotopic (exact) mass is 899 g/mol. The van der Waals surface area contributed by atoms with Crippen LogP contribution in [0.5, 0.6) is 0 Å². The van der Waals surface area contributed by atoms with Crippen molar-refractivity contribution in [3.63, 3.8) is 0 Å². The molecular weight excluding hydrogens is 851 g/mol. The molecule has 13 rings (SSSR count). The zero-order valence-electron chi connectivity index (χ0n) is 38.5. The number of nitrogens with zero attached hydrogens (tertiary/aromatic N) is 1. The van der Waals surface area contributed by atoms with Crippen molar-refractivity contribution >= 4 is 38.5 Å². The van der Waals surface area contributed by atoms with Crippen molar-refractivity contribution in [1.29, 1.82) is 0 Å². The molecule has 0 spiro atoms. The molecule has 0 radical (unpaired) electrons. The molecule has 2 aliphatic carbocycles. The molecule has 1 heterocycles. The first kappa shape index (κ1) is 41.2. The average molecular weight is 900 g/mol. The first-order valence-electron chi connectivity index (χ1n) is 24.3. The van der Waals surface area contributed by atoms with Crippen molar-refractivity contribution in [2.45, 2.75) is 30.6 Å². The summed E-state index contributed by atoms with van der Waals surface area (Å²) < 4.78 is 1.30. The molecule has 2 aliphatic rings. The van der Waals surface area contributed by atoms with Crippen molar-refractivity contribution < 1.29 is 0 Å². The number of aryl methyl sites for hydroxylation is 1. The second kappa shape index (κ2) is 16.6. The maximum absolute atomic E-state index is 2.51. The summed E-state index contributed by atoms with van der Waals surface area (Å²) in [4.78, 5) is 2.51. The van der Waals surface area contributed by atoms with Gasteiger partial charge in [0, 0.05) is 21.8 Å². The maximum atomic E-state index is 2.51. The van der Waals surface area contributed by atoms with E-state index in [9.17, 15) is 0 Å². The zero-order valence-corrected chi connectivity index (χ0v) is 39.3. The van der Waals surface area contributed by atoms with Crippen LogP contribution in [0.15, 0.2) is 254 Å². The standard InChI is InChI=1S/C67H49NS/c1-2-17-46-30-34-53(35-31-46)67(52-23-10-5-11-24-52)62-29-15-13-27-58(62)60-39-37-56(45-64(60)67)68(54-25-16-18-48(42-54)49-33-32-47-40-41-69-65(47)43-49)55-36-38-59-57-26-12-14-28-61(57)66(63(59)44-55,50-19-6-3-7-20-50)51-21-8-4-9-22-51/h3-16,18-45H,2,17H2,1H3. The van der Waals surface area contributed by atoms with Gasteiger partial charge in [-0.2, -0.15) is 0 Å². The molecule has 1 nitrogen and oxygen atoms in total. The van der Waals surface area contributed by atoms with Crippen LogP contribution in [0.1, 0.15) is 63.4 Å². The van der Waals surface area contributed by atoms with E-state index in [2.05, 4.69) is 266 Å². The van der Waals surface area contributed by atoms with Crippen LogP contribution in [0.25, 0.3) is 43.5 Å². The molecule has 0 aliphatic heterocycles. The minimum Gasteiger partial charge on any atom is -0.310 e. The number of rotatable bonds is 10. The third kappa shape index (κ3) is 6.36. The van der Waals surface area contributed by atoms with Gasteiger partial charge in [0.15, 0.2) is 0 Å². The van der Waals surface area contributed by atoms with E-state index < -0.39 is 10.8 Å². The van der Waals surface area contributed by atoms with Gasteiger partial charge in [-0.25, -0.2) is 0 Å². The highest BCUT2D eigenvalue weighted by molar-refractivity contribution is 7.17. The Morgan fingerprint density at radius 1 is 0.362 bits per heavy atom. The molecular formula is C67H49NS. The van der Waals surface area contributed by atoms with Crippen LogP contribution in [-0.2, 0) is 17.3 Å². The quantitative estimate of drug-likeness (QED) is 0.132. The molecule has 2 heteroatoms. The van der Waals surface area contributed by atoms with Gasteiger partial charge in [-0.05, 0) is 149 Å². The SMILES string of the molecule is CCCc1ccc(C2(c3ccccc3)c3ccccc3-c3ccc(N(c4cccc(-c5ccc6ccsc6c5)c4)c4ccc5c(c4)C(c4ccccc4)(c4ccccc4)c4ccccc4-5)cc32)cc1. The summed E-state index contributed by atoms with van der Waals surface area (Å²) in [5, 5.41) is 3.46. The van der Waals surface area contributed by atoms with Crippen molar-refractivity contribution in [3.8, 4) is 33.4 Å². The summed E-state index contributed by atoms with van der Waals surface area (Å²) in [6.07, 6.45) is 2.18. The second-order valence-corrected chi connectivity index (χ2v) is 19.6. The molecule has 0 bridgehead atoms. The first-order chi connectivity index (χ1) is 34.2. The molecule has 0 saturated carbocycles. The molecule has 1 atom stereocenters. The Labute approximate surface area is 409 Å². The molecule has 1 unspecified atom stereocenters. The molecule has 0 N–H and O–H groups in total. The lowest BCUT2D eigenvalue weighted by Gasteiger charge is -2.36. The summed E-state index contributed by atoms with van der Waals surface area (Å²) in [6, 6.07) is 93.8. The maximum Gasteiger partial charge on any atom is 0.0714 e. The summed E-state index contributed by atoms with van der Waals surface area (Å²) in [5.74, 6) is 0. The first-order valence-corrected chi connectivity index (χ1v) is 25.2. The molecule has 11 aromatic rings. The molecule has 0 amide bonds. The average Bonchev–Trinajstić information content (AvgIpc) is 4.10. The van der Waals surface area contributed by atoms with E-state index in [1.54, 1.807) is 11.3 Å². The number of hydrogen-bond donors (Lipinski definition) is 0. The molecule has 10 aromatic carbocycles. The summed E-state index contributed by atoms with van der Waals surface area (Å²) in [5.41, 5.74) is 21.3. The van der Waals surface area contributed by atoms with Crippen LogP contribution in [0.2, 0.25) is 0 Å². The topological polar surface area (TPSA) is 3.24 Å². The zero-order chi connectivity index (χ0) is 45.9.